The van der Waals surface area contributed by atoms with Crippen molar-refractivity contribution in [2.45, 2.75) is 43.8 Å². The molecule has 3 atom stereocenters. The first-order valence-electron chi connectivity index (χ1n) is 10.1. The molecule has 8 heteroatoms. The highest BCUT2D eigenvalue weighted by Crippen LogP contribution is 2.38. The summed E-state index contributed by atoms with van der Waals surface area (Å²) < 4.78 is 0. The number of H-pyrrole nitrogens is 1. The van der Waals surface area contributed by atoms with Crippen molar-refractivity contribution >= 4 is 37.5 Å². The van der Waals surface area contributed by atoms with Crippen LogP contribution in [0.5, 0.6) is 0 Å². The summed E-state index contributed by atoms with van der Waals surface area (Å²) in [6, 6.07) is 10.5. The third-order valence-electron chi connectivity index (χ3n) is 6.23. The molecule has 2 aliphatic heterocycles. The van der Waals surface area contributed by atoms with Crippen molar-refractivity contribution in [1.29, 1.82) is 0 Å². The van der Waals surface area contributed by atoms with Crippen LogP contribution in [0.4, 0.5) is 5.13 Å². The summed E-state index contributed by atoms with van der Waals surface area (Å²) in [5, 5.41) is 12.7. The van der Waals surface area contributed by atoms with E-state index in [1.807, 2.05) is 12.4 Å². The van der Waals surface area contributed by atoms with Crippen molar-refractivity contribution in [2.75, 3.05) is 11.9 Å². The molecule has 2 fully saturated rings. The Morgan fingerprint density at radius 2 is 1.66 bits per heavy atom. The standard InChI is InChI=1S/C21H22N6S2/c1-27(17-8-15-6-7-16(9-17)24-15)21-26-20-19(29-21)25-18(28-20)13-4-2-12(3-5-13)14-10-22-23-11-14/h2-5,10-11,15-17,24H,6-9H2,1H3,(H,22,23)/t15-,16+,17?. The molecule has 2 aliphatic rings. The van der Waals surface area contributed by atoms with Crippen LogP contribution in [-0.4, -0.2) is 45.3 Å². The summed E-state index contributed by atoms with van der Waals surface area (Å²) in [6.07, 6.45) is 8.84. The maximum atomic E-state index is 4.93. The van der Waals surface area contributed by atoms with Crippen LogP contribution < -0.4 is 10.2 Å². The number of nitrogens with zero attached hydrogens (tertiary/aromatic N) is 4. The van der Waals surface area contributed by atoms with Gasteiger partial charge in [-0.05, 0) is 31.2 Å². The van der Waals surface area contributed by atoms with Gasteiger partial charge in [0.15, 0.2) is 14.8 Å². The van der Waals surface area contributed by atoms with Crippen LogP contribution in [0.15, 0.2) is 36.7 Å². The lowest BCUT2D eigenvalue weighted by atomic mass is 9.99. The van der Waals surface area contributed by atoms with Gasteiger partial charge >= 0.3 is 0 Å². The van der Waals surface area contributed by atoms with Gasteiger partial charge in [-0.3, -0.25) is 5.10 Å². The van der Waals surface area contributed by atoms with Gasteiger partial charge in [-0.2, -0.15) is 5.10 Å². The molecule has 1 unspecified atom stereocenters. The Kier molecular flexibility index (Phi) is 4.18. The normalized spacial score (nSPS) is 23.7. The minimum Gasteiger partial charge on any atom is -0.348 e. The monoisotopic (exact) mass is 422 g/mol. The average molecular weight is 423 g/mol. The van der Waals surface area contributed by atoms with Gasteiger partial charge in [-0.15, -0.1) is 0 Å². The number of aromatic amines is 1. The fourth-order valence-electron chi connectivity index (χ4n) is 4.62. The van der Waals surface area contributed by atoms with Gasteiger partial charge in [0.1, 0.15) is 5.01 Å². The Morgan fingerprint density at radius 1 is 0.931 bits per heavy atom. The van der Waals surface area contributed by atoms with Crippen molar-refractivity contribution < 1.29 is 0 Å². The van der Waals surface area contributed by atoms with E-state index in [-0.39, 0.29) is 0 Å². The maximum absolute atomic E-state index is 4.93. The van der Waals surface area contributed by atoms with Crippen LogP contribution in [0.3, 0.4) is 0 Å². The highest BCUT2D eigenvalue weighted by atomic mass is 32.1. The van der Waals surface area contributed by atoms with Crippen molar-refractivity contribution in [3.05, 3.63) is 36.7 Å². The van der Waals surface area contributed by atoms with E-state index in [1.165, 1.54) is 25.7 Å². The number of fused-ring (bicyclic) bond motifs is 3. The smallest absolute Gasteiger partial charge is 0.188 e. The largest absolute Gasteiger partial charge is 0.348 e. The van der Waals surface area contributed by atoms with Crippen molar-refractivity contribution in [3.8, 4) is 21.7 Å². The van der Waals surface area contributed by atoms with Gasteiger partial charge in [-0.1, -0.05) is 46.9 Å². The molecule has 5 heterocycles. The Balaban J connectivity index is 1.23. The van der Waals surface area contributed by atoms with Crippen LogP contribution in [-0.2, 0) is 0 Å². The Bertz CT molecular complexity index is 1090. The number of hydrogen-bond acceptors (Lipinski definition) is 7. The molecule has 0 amide bonds. The minimum absolute atomic E-state index is 0.587. The number of thiazole rings is 2. The molecule has 0 spiro atoms. The topological polar surface area (TPSA) is 69.7 Å². The highest BCUT2D eigenvalue weighted by molar-refractivity contribution is 7.29. The molecule has 0 aliphatic carbocycles. The number of benzene rings is 1. The lowest BCUT2D eigenvalue weighted by molar-refractivity contribution is 0.354. The minimum atomic E-state index is 0.587. The zero-order valence-electron chi connectivity index (χ0n) is 16.1. The predicted molar refractivity (Wildman–Crippen MR) is 120 cm³/mol. The molecule has 4 aromatic rings. The predicted octanol–water partition coefficient (Wildman–Crippen LogP) is 4.53. The van der Waals surface area contributed by atoms with Gasteiger partial charge in [0, 0.05) is 42.5 Å². The van der Waals surface area contributed by atoms with Gasteiger partial charge in [0.05, 0.1) is 6.20 Å². The molecule has 29 heavy (non-hydrogen) atoms. The summed E-state index contributed by atoms with van der Waals surface area (Å²) in [5.41, 5.74) is 3.38. The third-order valence-corrected chi connectivity index (χ3v) is 8.39. The van der Waals surface area contributed by atoms with Crippen LogP contribution in [0.2, 0.25) is 0 Å². The lowest BCUT2D eigenvalue weighted by Crippen LogP contribution is -2.47. The zero-order valence-corrected chi connectivity index (χ0v) is 17.8. The van der Waals surface area contributed by atoms with E-state index in [1.54, 1.807) is 22.7 Å². The number of rotatable bonds is 4. The lowest BCUT2D eigenvalue weighted by Gasteiger charge is -2.35. The second-order valence-electron chi connectivity index (χ2n) is 8.06. The number of hydrogen-bond donors (Lipinski definition) is 2. The summed E-state index contributed by atoms with van der Waals surface area (Å²) >= 11 is 3.40. The molecule has 6 nitrogen and oxygen atoms in total. The van der Waals surface area contributed by atoms with Crippen LogP contribution in [0.1, 0.15) is 25.7 Å². The molecule has 2 bridgehead atoms. The third kappa shape index (κ3) is 3.15. The summed E-state index contributed by atoms with van der Waals surface area (Å²) in [4.78, 5) is 14.3. The molecular weight excluding hydrogens is 400 g/mol. The van der Waals surface area contributed by atoms with E-state index in [2.05, 4.69) is 51.7 Å². The Morgan fingerprint density at radius 3 is 2.34 bits per heavy atom. The SMILES string of the molecule is CN(c1nc2sc(-c3ccc(-c4cn[nH]c4)cc3)nc2s1)C1C[C@H]2CC[C@@H](C1)N2. The van der Waals surface area contributed by atoms with Crippen LogP contribution >= 0.6 is 22.7 Å². The molecule has 0 radical (unpaired) electrons. The van der Waals surface area contributed by atoms with E-state index in [0.29, 0.717) is 18.1 Å². The first kappa shape index (κ1) is 17.6. The van der Waals surface area contributed by atoms with E-state index in [9.17, 15) is 0 Å². The van der Waals surface area contributed by atoms with Crippen molar-refractivity contribution in [1.82, 2.24) is 25.5 Å². The van der Waals surface area contributed by atoms with E-state index in [0.717, 1.165) is 36.5 Å². The molecule has 1 aromatic carbocycles. The quantitative estimate of drug-likeness (QED) is 0.506. The van der Waals surface area contributed by atoms with Crippen LogP contribution in [0, 0.1) is 0 Å². The molecule has 3 aromatic heterocycles. The van der Waals surface area contributed by atoms with E-state index in [4.69, 9.17) is 9.97 Å². The van der Waals surface area contributed by atoms with Gasteiger partial charge in [-0.25, -0.2) is 9.97 Å². The molecule has 6 rings (SSSR count). The second kappa shape index (κ2) is 6.90. The maximum Gasteiger partial charge on any atom is 0.188 e. The van der Waals surface area contributed by atoms with E-state index >= 15 is 0 Å². The zero-order chi connectivity index (χ0) is 19.4. The molecular formula is C21H22N6S2. The van der Waals surface area contributed by atoms with E-state index < -0.39 is 0 Å². The van der Waals surface area contributed by atoms with Crippen molar-refractivity contribution in [3.63, 3.8) is 0 Å². The molecule has 0 saturated carbocycles. The highest BCUT2D eigenvalue weighted by Gasteiger charge is 2.36. The Labute approximate surface area is 177 Å². The van der Waals surface area contributed by atoms with Crippen LogP contribution in [0.25, 0.3) is 31.4 Å². The molecule has 148 valence electrons. The number of anilines is 1. The van der Waals surface area contributed by atoms with Gasteiger partial charge in [0.25, 0.3) is 0 Å². The summed E-state index contributed by atoms with van der Waals surface area (Å²) in [6.45, 7) is 0. The second-order valence-corrected chi connectivity index (χ2v) is 10.00. The number of aromatic nitrogens is 4. The Hall–Kier alpha value is -2.29. The van der Waals surface area contributed by atoms with Gasteiger partial charge in [0.2, 0.25) is 0 Å². The number of nitrogens with one attached hydrogen (secondary N) is 2. The van der Waals surface area contributed by atoms with Crippen molar-refractivity contribution in [2.24, 2.45) is 0 Å². The average Bonchev–Trinajstić information content (AvgIpc) is 3.51. The fraction of sp³-hybridized carbons (Fsp3) is 0.381. The fourth-order valence-corrected chi connectivity index (χ4v) is 6.70. The first-order chi connectivity index (χ1) is 14.2. The van der Waals surface area contributed by atoms with Gasteiger partial charge < -0.3 is 10.2 Å². The molecule has 2 saturated heterocycles. The summed E-state index contributed by atoms with van der Waals surface area (Å²) in [5.74, 6) is 0. The first-order valence-corrected chi connectivity index (χ1v) is 11.7. The number of piperidine rings is 1. The summed E-state index contributed by atoms with van der Waals surface area (Å²) in [7, 11) is 2.20. The molecule has 2 N–H and O–H groups in total.